The second kappa shape index (κ2) is 7.04. The summed E-state index contributed by atoms with van der Waals surface area (Å²) in [5.41, 5.74) is 0.520. The number of ether oxygens (including phenoxy) is 1. The molecule has 1 aromatic rings. The lowest BCUT2D eigenvalue weighted by atomic mass is 10.1. The number of thioether (sulfide) groups is 1. The molecule has 1 heterocycles. The number of aromatic carboxylic acids is 1. The predicted molar refractivity (Wildman–Crippen MR) is 79.5 cm³/mol. The summed E-state index contributed by atoms with van der Waals surface area (Å²) in [7, 11) is 1.68. The van der Waals surface area contributed by atoms with Crippen LogP contribution in [0.5, 0.6) is 0 Å². The van der Waals surface area contributed by atoms with E-state index in [1.165, 1.54) is 11.8 Å². The number of nitrogens with zero attached hydrogens (tertiary/aromatic N) is 2. The van der Waals surface area contributed by atoms with Gasteiger partial charge in [0.25, 0.3) is 0 Å². The van der Waals surface area contributed by atoms with E-state index in [9.17, 15) is 9.90 Å². The molecule has 0 aliphatic carbocycles. The molecule has 0 radical (unpaired) electrons. The highest BCUT2D eigenvalue weighted by Gasteiger charge is 2.20. The fraction of sp³-hybridized carbons (Fsp3) is 0.643. The Hall–Kier alpha value is -1.14. The predicted octanol–water partition coefficient (Wildman–Crippen LogP) is 2.95. The molecule has 0 aliphatic heterocycles. The second-order valence-electron chi connectivity index (χ2n) is 5.13. The molecular formula is C14H22N2O3S. The highest BCUT2D eigenvalue weighted by Crippen LogP contribution is 2.26. The van der Waals surface area contributed by atoms with Crippen molar-refractivity contribution in [2.75, 3.05) is 12.9 Å². The lowest BCUT2D eigenvalue weighted by Gasteiger charge is -2.22. The zero-order valence-corrected chi connectivity index (χ0v) is 13.5. The van der Waals surface area contributed by atoms with Crippen molar-refractivity contribution in [3.8, 4) is 0 Å². The van der Waals surface area contributed by atoms with Gasteiger partial charge < -0.3 is 9.84 Å². The van der Waals surface area contributed by atoms with Crippen LogP contribution in [-0.2, 0) is 11.2 Å². The molecule has 5 nitrogen and oxygen atoms in total. The average molecular weight is 298 g/mol. The molecule has 0 amide bonds. The van der Waals surface area contributed by atoms with Crippen molar-refractivity contribution in [2.24, 2.45) is 0 Å². The number of carboxylic acid groups (broad SMARTS) is 1. The van der Waals surface area contributed by atoms with E-state index in [1.54, 1.807) is 14.0 Å². The Balaban J connectivity index is 2.92. The fourth-order valence-electron chi connectivity index (χ4n) is 1.61. The molecule has 1 rings (SSSR count). The Kier molecular flexibility index (Phi) is 5.95. The first-order chi connectivity index (χ1) is 9.30. The number of carbonyl (C=O) groups is 1. The number of hydrogen-bond acceptors (Lipinski definition) is 5. The van der Waals surface area contributed by atoms with Crippen LogP contribution in [0.25, 0.3) is 0 Å². The molecule has 1 N–H and O–H groups in total. The topological polar surface area (TPSA) is 72.3 Å². The van der Waals surface area contributed by atoms with Gasteiger partial charge in [-0.2, -0.15) is 0 Å². The minimum atomic E-state index is -0.973. The van der Waals surface area contributed by atoms with E-state index in [0.29, 0.717) is 23.0 Å². The third-order valence-corrected chi connectivity index (χ3v) is 4.11. The molecule has 0 bridgehead atoms. The molecule has 0 aliphatic rings. The molecular weight excluding hydrogens is 276 g/mol. The van der Waals surface area contributed by atoms with Crippen molar-refractivity contribution >= 4 is 17.7 Å². The van der Waals surface area contributed by atoms with Gasteiger partial charge in [0.1, 0.15) is 16.4 Å². The lowest BCUT2D eigenvalue weighted by Crippen LogP contribution is -2.23. The smallest absolute Gasteiger partial charge is 0.340 e. The van der Waals surface area contributed by atoms with E-state index in [0.717, 1.165) is 12.2 Å². The van der Waals surface area contributed by atoms with Crippen LogP contribution < -0.4 is 0 Å². The Bertz CT molecular complexity index is 490. The number of aryl methyl sites for hydroxylation is 2. The first-order valence-electron chi connectivity index (χ1n) is 6.59. The summed E-state index contributed by atoms with van der Waals surface area (Å²) in [6.45, 7) is 7.69. The van der Waals surface area contributed by atoms with Crippen LogP contribution >= 0.6 is 11.8 Å². The van der Waals surface area contributed by atoms with Gasteiger partial charge in [0.05, 0.1) is 11.3 Å². The molecule has 0 atom stereocenters. The number of methoxy groups -OCH3 is 1. The number of rotatable bonds is 7. The van der Waals surface area contributed by atoms with Gasteiger partial charge in [-0.25, -0.2) is 14.8 Å². The quantitative estimate of drug-likeness (QED) is 0.616. The van der Waals surface area contributed by atoms with Crippen LogP contribution in [0.2, 0.25) is 0 Å². The van der Waals surface area contributed by atoms with Crippen LogP contribution in [0.15, 0.2) is 5.03 Å². The second-order valence-corrected chi connectivity index (χ2v) is 6.21. The maximum absolute atomic E-state index is 11.3. The van der Waals surface area contributed by atoms with E-state index in [2.05, 4.69) is 9.97 Å². The molecule has 0 saturated heterocycles. The first-order valence-corrected chi connectivity index (χ1v) is 7.58. The van der Waals surface area contributed by atoms with E-state index in [-0.39, 0.29) is 11.2 Å². The third kappa shape index (κ3) is 4.45. The zero-order chi connectivity index (χ0) is 15.3. The molecule has 0 unspecified atom stereocenters. The number of aromatic nitrogens is 2. The summed E-state index contributed by atoms with van der Waals surface area (Å²) in [5, 5.41) is 9.85. The minimum absolute atomic E-state index is 0.211. The van der Waals surface area contributed by atoms with Gasteiger partial charge in [-0.05, 0) is 27.2 Å². The summed E-state index contributed by atoms with van der Waals surface area (Å²) >= 11 is 1.45. The lowest BCUT2D eigenvalue weighted by molar-refractivity contribution is 0.0206. The van der Waals surface area contributed by atoms with Crippen LogP contribution in [0.4, 0.5) is 0 Å². The van der Waals surface area contributed by atoms with Gasteiger partial charge in [-0.1, -0.05) is 6.92 Å². The van der Waals surface area contributed by atoms with Gasteiger partial charge in [0.2, 0.25) is 0 Å². The van der Waals surface area contributed by atoms with E-state index in [4.69, 9.17) is 4.74 Å². The first kappa shape index (κ1) is 16.9. The normalized spacial score (nSPS) is 11.7. The van der Waals surface area contributed by atoms with Gasteiger partial charge >= 0.3 is 5.97 Å². The summed E-state index contributed by atoms with van der Waals surface area (Å²) in [6, 6.07) is 0. The summed E-state index contributed by atoms with van der Waals surface area (Å²) < 4.78 is 5.36. The monoisotopic (exact) mass is 298 g/mol. The van der Waals surface area contributed by atoms with Gasteiger partial charge in [-0.15, -0.1) is 11.8 Å². The highest BCUT2D eigenvalue weighted by molar-refractivity contribution is 7.99. The molecule has 0 spiro atoms. The van der Waals surface area contributed by atoms with Crippen molar-refractivity contribution in [3.05, 3.63) is 17.1 Å². The van der Waals surface area contributed by atoms with Crippen molar-refractivity contribution in [1.29, 1.82) is 0 Å². The molecule has 0 fully saturated rings. The van der Waals surface area contributed by atoms with Gasteiger partial charge in [-0.3, -0.25) is 0 Å². The van der Waals surface area contributed by atoms with Crippen molar-refractivity contribution in [2.45, 2.75) is 51.2 Å². The largest absolute Gasteiger partial charge is 0.478 e. The van der Waals surface area contributed by atoms with Crippen molar-refractivity contribution < 1.29 is 14.6 Å². The van der Waals surface area contributed by atoms with Crippen LogP contribution in [0.1, 0.15) is 49.1 Å². The fourth-order valence-corrected chi connectivity index (χ4v) is 2.94. The standard InChI is InChI=1S/C14H22N2O3S/c1-6-10-15-9(2)11(13(17)18)12(16-10)20-8-7-14(3,4)19-5/h6-8H2,1-5H3,(H,17,18). The SMILES string of the molecule is CCc1nc(C)c(C(=O)O)c(SCCC(C)(C)OC)n1. The maximum atomic E-state index is 11.3. The maximum Gasteiger partial charge on any atom is 0.340 e. The Morgan fingerprint density at radius 3 is 2.55 bits per heavy atom. The zero-order valence-electron chi connectivity index (χ0n) is 12.7. The Morgan fingerprint density at radius 2 is 2.05 bits per heavy atom. The third-order valence-electron chi connectivity index (χ3n) is 3.13. The Morgan fingerprint density at radius 1 is 1.40 bits per heavy atom. The van der Waals surface area contributed by atoms with Gasteiger partial charge in [0, 0.05) is 19.3 Å². The van der Waals surface area contributed by atoms with Gasteiger partial charge in [0.15, 0.2) is 0 Å². The van der Waals surface area contributed by atoms with Crippen molar-refractivity contribution in [3.63, 3.8) is 0 Å². The number of hydrogen-bond donors (Lipinski definition) is 1. The van der Waals surface area contributed by atoms with Crippen molar-refractivity contribution in [1.82, 2.24) is 9.97 Å². The minimum Gasteiger partial charge on any atom is -0.478 e. The van der Waals surface area contributed by atoms with E-state index >= 15 is 0 Å². The van der Waals surface area contributed by atoms with Crippen LogP contribution in [0, 0.1) is 6.92 Å². The summed E-state index contributed by atoms with van der Waals surface area (Å²) in [6.07, 6.45) is 1.51. The van der Waals surface area contributed by atoms with Crippen LogP contribution in [-0.4, -0.2) is 39.5 Å². The molecule has 20 heavy (non-hydrogen) atoms. The molecule has 6 heteroatoms. The van der Waals surface area contributed by atoms with Crippen LogP contribution in [0.3, 0.4) is 0 Å². The summed E-state index contributed by atoms with van der Waals surface area (Å²) in [5.74, 6) is 0.459. The van der Waals surface area contributed by atoms with E-state index < -0.39 is 5.97 Å². The molecule has 112 valence electrons. The number of carboxylic acids is 1. The molecule has 1 aromatic heterocycles. The molecule has 0 aromatic carbocycles. The molecule has 0 saturated carbocycles. The highest BCUT2D eigenvalue weighted by atomic mass is 32.2. The Labute approximate surface area is 124 Å². The average Bonchev–Trinajstić information content (AvgIpc) is 2.37. The summed E-state index contributed by atoms with van der Waals surface area (Å²) in [4.78, 5) is 19.9. The van der Waals surface area contributed by atoms with E-state index in [1.807, 2.05) is 20.8 Å².